The molecule has 2 rings (SSSR count). The number of halogens is 3. The molecule has 0 amide bonds. The van der Waals surface area contributed by atoms with Gasteiger partial charge in [-0.1, -0.05) is 6.42 Å². The topological polar surface area (TPSA) is 28.2 Å². The van der Waals surface area contributed by atoms with Gasteiger partial charge in [0.25, 0.3) is 0 Å². The maximum atomic E-state index is 12.8. The van der Waals surface area contributed by atoms with Crippen LogP contribution in [0.25, 0.3) is 0 Å². The largest absolute Gasteiger partial charge is 0.391 e. The van der Waals surface area contributed by atoms with Crippen molar-refractivity contribution in [3.05, 3.63) is 18.3 Å². The monoisotopic (exact) mass is 287 g/mol. The van der Waals surface area contributed by atoms with Gasteiger partial charge in [-0.25, -0.2) is 4.98 Å². The van der Waals surface area contributed by atoms with E-state index < -0.39 is 12.1 Å². The van der Waals surface area contributed by atoms with E-state index in [9.17, 15) is 13.2 Å². The van der Waals surface area contributed by atoms with Gasteiger partial charge in [0, 0.05) is 26.3 Å². The van der Waals surface area contributed by atoms with Crippen molar-refractivity contribution >= 4 is 11.5 Å². The first-order chi connectivity index (χ1) is 9.38. The van der Waals surface area contributed by atoms with Crippen molar-refractivity contribution in [2.45, 2.75) is 37.9 Å². The summed E-state index contributed by atoms with van der Waals surface area (Å²) in [6, 6.07) is 3.51. The summed E-state index contributed by atoms with van der Waals surface area (Å²) in [4.78, 5) is 6.11. The molecule has 1 fully saturated rings. The third kappa shape index (κ3) is 3.55. The highest BCUT2D eigenvalue weighted by atomic mass is 19.4. The minimum absolute atomic E-state index is 0.140. The second-order valence-electron chi connectivity index (χ2n) is 5.52. The standard InChI is InChI=1S/C14H20F3N3/c1-20(2)13-12(7-4-8-18-13)19-11-6-3-5-10(9-11)14(15,16)17/h4,7-8,10-11,19H,3,5-6,9H2,1-2H3. The van der Waals surface area contributed by atoms with E-state index in [2.05, 4.69) is 10.3 Å². The fourth-order valence-corrected chi connectivity index (χ4v) is 2.70. The van der Waals surface area contributed by atoms with Crippen molar-refractivity contribution in [2.75, 3.05) is 24.3 Å². The molecule has 1 heterocycles. The molecule has 2 atom stereocenters. The van der Waals surface area contributed by atoms with Crippen LogP contribution in [0.1, 0.15) is 25.7 Å². The SMILES string of the molecule is CN(C)c1ncccc1NC1CCCC(C(F)(F)F)C1. The zero-order chi connectivity index (χ0) is 14.8. The second kappa shape index (κ2) is 5.89. The molecule has 2 unspecified atom stereocenters. The predicted octanol–water partition coefficient (Wildman–Crippen LogP) is 3.68. The van der Waals surface area contributed by atoms with Gasteiger partial charge in [0.1, 0.15) is 0 Å². The summed E-state index contributed by atoms with van der Waals surface area (Å²) >= 11 is 0. The van der Waals surface area contributed by atoms with Crippen LogP contribution in [-0.2, 0) is 0 Å². The maximum absolute atomic E-state index is 12.8. The Bertz CT molecular complexity index is 446. The molecule has 1 aromatic rings. The van der Waals surface area contributed by atoms with Crippen LogP contribution in [0.5, 0.6) is 0 Å². The zero-order valence-corrected chi connectivity index (χ0v) is 11.7. The molecule has 3 nitrogen and oxygen atoms in total. The van der Waals surface area contributed by atoms with Gasteiger partial charge in [0.15, 0.2) is 5.82 Å². The number of nitrogens with one attached hydrogen (secondary N) is 1. The quantitative estimate of drug-likeness (QED) is 0.919. The summed E-state index contributed by atoms with van der Waals surface area (Å²) in [5.41, 5.74) is 0.797. The highest BCUT2D eigenvalue weighted by Gasteiger charge is 2.42. The van der Waals surface area contributed by atoms with E-state index in [1.54, 1.807) is 12.3 Å². The molecule has 0 aliphatic heterocycles. The number of pyridine rings is 1. The normalized spacial score (nSPS) is 23.4. The molecule has 0 saturated heterocycles. The van der Waals surface area contributed by atoms with Gasteiger partial charge in [0.05, 0.1) is 11.6 Å². The summed E-state index contributed by atoms with van der Waals surface area (Å²) < 4.78 is 38.4. The molecule has 0 spiro atoms. The highest BCUT2D eigenvalue weighted by molar-refractivity contribution is 5.65. The molecule has 0 radical (unpaired) electrons. The Morgan fingerprint density at radius 1 is 1.30 bits per heavy atom. The molecule has 0 bridgehead atoms. The lowest BCUT2D eigenvalue weighted by molar-refractivity contribution is -0.182. The van der Waals surface area contributed by atoms with Crippen molar-refractivity contribution in [1.82, 2.24) is 4.98 Å². The van der Waals surface area contributed by atoms with Crippen molar-refractivity contribution in [3.63, 3.8) is 0 Å². The van der Waals surface area contributed by atoms with Gasteiger partial charge in [-0.3, -0.25) is 0 Å². The van der Waals surface area contributed by atoms with Crippen LogP contribution in [0.2, 0.25) is 0 Å². The minimum Gasteiger partial charge on any atom is -0.379 e. The van der Waals surface area contributed by atoms with Gasteiger partial charge < -0.3 is 10.2 Å². The smallest absolute Gasteiger partial charge is 0.379 e. The Morgan fingerprint density at radius 2 is 2.05 bits per heavy atom. The molecule has 6 heteroatoms. The van der Waals surface area contributed by atoms with E-state index in [1.807, 2.05) is 25.1 Å². The van der Waals surface area contributed by atoms with E-state index in [-0.39, 0.29) is 18.9 Å². The predicted molar refractivity (Wildman–Crippen MR) is 74.0 cm³/mol. The van der Waals surface area contributed by atoms with Crippen molar-refractivity contribution in [3.8, 4) is 0 Å². The Balaban J connectivity index is 2.07. The van der Waals surface area contributed by atoms with Gasteiger partial charge in [0.2, 0.25) is 0 Å². The van der Waals surface area contributed by atoms with Crippen molar-refractivity contribution in [2.24, 2.45) is 5.92 Å². The number of aromatic nitrogens is 1. The lowest BCUT2D eigenvalue weighted by Crippen LogP contribution is -2.35. The van der Waals surface area contributed by atoms with Gasteiger partial charge in [-0.05, 0) is 31.4 Å². The van der Waals surface area contributed by atoms with Gasteiger partial charge >= 0.3 is 6.18 Å². The highest BCUT2D eigenvalue weighted by Crippen LogP contribution is 2.38. The Hall–Kier alpha value is -1.46. The van der Waals surface area contributed by atoms with Crippen LogP contribution < -0.4 is 10.2 Å². The first-order valence-corrected chi connectivity index (χ1v) is 6.83. The van der Waals surface area contributed by atoms with E-state index in [1.165, 1.54) is 0 Å². The zero-order valence-electron chi connectivity index (χ0n) is 11.7. The summed E-state index contributed by atoms with van der Waals surface area (Å²) in [5.74, 6) is -0.435. The summed E-state index contributed by atoms with van der Waals surface area (Å²) in [6.45, 7) is 0. The number of anilines is 2. The maximum Gasteiger partial charge on any atom is 0.391 e. The van der Waals surface area contributed by atoms with Crippen LogP contribution in [0.15, 0.2) is 18.3 Å². The lowest BCUT2D eigenvalue weighted by Gasteiger charge is -2.32. The Labute approximate surface area is 117 Å². The molecular weight excluding hydrogens is 267 g/mol. The Morgan fingerprint density at radius 3 is 2.70 bits per heavy atom. The van der Waals surface area contributed by atoms with Crippen LogP contribution in [0, 0.1) is 5.92 Å². The third-order valence-corrected chi connectivity index (χ3v) is 3.71. The molecular formula is C14H20F3N3. The third-order valence-electron chi connectivity index (χ3n) is 3.71. The average Bonchev–Trinajstić information content (AvgIpc) is 2.38. The molecule has 1 aliphatic rings. The number of hydrogen-bond donors (Lipinski definition) is 1. The van der Waals surface area contributed by atoms with Crippen LogP contribution in [-0.4, -0.2) is 31.3 Å². The van der Waals surface area contributed by atoms with E-state index >= 15 is 0 Å². The van der Waals surface area contributed by atoms with Gasteiger partial charge in [-0.15, -0.1) is 0 Å². The molecule has 1 aliphatic carbocycles. The summed E-state index contributed by atoms with van der Waals surface area (Å²) in [7, 11) is 3.74. The van der Waals surface area contributed by atoms with Crippen molar-refractivity contribution < 1.29 is 13.2 Å². The first-order valence-electron chi connectivity index (χ1n) is 6.83. The summed E-state index contributed by atoms with van der Waals surface area (Å²) in [6.07, 6.45) is -0.631. The molecule has 20 heavy (non-hydrogen) atoms. The van der Waals surface area contributed by atoms with Crippen LogP contribution in [0.4, 0.5) is 24.7 Å². The van der Waals surface area contributed by atoms with E-state index in [4.69, 9.17) is 0 Å². The second-order valence-corrected chi connectivity index (χ2v) is 5.52. The number of rotatable bonds is 3. The number of nitrogens with zero attached hydrogens (tertiary/aromatic N) is 2. The molecule has 1 aromatic heterocycles. The number of alkyl halides is 3. The van der Waals surface area contributed by atoms with E-state index in [0.717, 1.165) is 17.9 Å². The Kier molecular flexibility index (Phi) is 4.40. The molecule has 1 saturated carbocycles. The van der Waals surface area contributed by atoms with Crippen LogP contribution in [0.3, 0.4) is 0 Å². The fraction of sp³-hybridized carbons (Fsp3) is 0.643. The van der Waals surface area contributed by atoms with E-state index in [0.29, 0.717) is 6.42 Å². The fourth-order valence-electron chi connectivity index (χ4n) is 2.70. The summed E-state index contributed by atoms with van der Waals surface area (Å²) in [5, 5.41) is 3.23. The molecule has 112 valence electrons. The molecule has 0 aromatic carbocycles. The molecule has 1 N–H and O–H groups in total. The lowest BCUT2D eigenvalue weighted by atomic mass is 9.85. The van der Waals surface area contributed by atoms with Crippen LogP contribution >= 0.6 is 0 Å². The first kappa shape index (κ1) is 14.9. The number of hydrogen-bond acceptors (Lipinski definition) is 3. The van der Waals surface area contributed by atoms with Gasteiger partial charge in [-0.2, -0.15) is 13.2 Å². The minimum atomic E-state index is -4.08. The van der Waals surface area contributed by atoms with Crippen molar-refractivity contribution in [1.29, 1.82) is 0 Å². The average molecular weight is 287 g/mol.